The van der Waals surface area contributed by atoms with Crippen LogP contribution in [0.4, 0.5) is 0 Å². The molecule has 2 nitrogen and oxygen atoms in total. The van der Waals surface area contributed by atoms with Crippen LogP contribution < -0.4 is 0 Å². The molecule has 0 saturated carbocycles. The molecule has 0 spiro atoms. The number of rotatable bonds is 2. The zero-order valence-electron chi connectivity index (χ0n) is 21.4. The average molecular weight is 487 g/mol. The fourth-order valence-electron chi connectivity index (χ4n) is 6.50. The van der Waals surface area contributed by atoms with E-state index in [1.54, 1.807) is 0 Å². The Morgan fingerprint density at radius 1 is 0.553 bits per heavy atom. The SMILES string of the molecule is CC1(C)c2ccccc2-c2cc3c4ccccc4n(-c4nc5ccccc5cc4-c4ccccc4)c3cc21. The third-order valence-corrected chi connectivity index (χ3v) is 8.38. The van der Waals surface area contributed by atoms with Gasteiger partial charge < -0.3 is 0 Å². The molecule has 0 radical (unpaired) electrons. The highest BCUT2D eigenvalue weighted by atomic mass is 15.1. The molecule has 0 bridgehead atoms. The maximum atomic E-state index is 5.33. The van der Waals surface area contributed by atoms with Crippen LogP contribution in [0, 0.1) is 0 Å². The van der Waals surface area contributed by atoms with Crippen molar-refractivity contribution in [3.63, 3.8) is 0 Å². The number of fused-ring (bicyclic) bond motifs is 7. The predicted molar refractivity (Wildman–Crippen MR) is 159 cm³/mol. The molecule has 1 aliphatic rings. The molecule has 0 N–H and O–H groups in total. The van der Waals surface area contributed by atoms with Crippen molar-refractivity contribution in [1.82, 2.24) is 9.55 Å². The normalized spacial score (nSPS) is 13.7. The van der Waals surface area contributed by atoms with E-state index in [9.17, 15) is 0 Å². The van der Waals surface area contributed by atoms with Crippen LogP contribution >= 0.6 is 0 Å². The lowest BCUT2D eigenvalue weighted by Crippen LogP contribution is -2.15. The van der Waals surface area contributed by atoms with Crippen LogP contribution in [-0.4, -0.2) is 9.55 Å². The first kappa shape index (κ1) is 21.4. The number of para-hydroxylation sites is 2. The summed E-state index contributed by atoms with van der Waals surface area (Å²) in [5.74, 6) is 0.967. The highest BCUT2D eigenvalue weighted by Gasteiger charge is 2.36. The predicted octanol–water partition coefficient (Wildman–Crippen LogP) is 9.31. The van der Waals surface area contributed by atoms with Gasteiger partial charge in [-0.05, 0) is 58.1 Å². The second kappa shape index (κ2) is 7.66. The molecule has 2 aromatic heterocycles. The molecule has 0 aliphatic heterocycles. The average Bonchev–Trinajstić information content (AvgIpc) is 3.40. The van der Waals surface area contributed by atoms with Gasteiger partial charge in [-0.15, -0.1) is 0 Å². The Bertz CT molecular complexity index is 2040. The summed E-state index contributed by atoms with van der Waals surface area (Å²) in [4.78, 5) is 5.33. The second-order valence-corrected chi connectivity index (χ2v) is 10.9. The Balaban J connectivity index is 1.53. The number of hydrogen-bond acceptors (Lipinski definition) is 1. The summed E-state index contributed by atoms with van der Waals surface area (Å²) in [6, 6.07) is 43.8. The fraction of sp³-hybridized carbons (Fsp3) is 0.0833. The van der Waals surface area contributed by atoms with Gasteiger partial charge in [-0.1, -0.05) is 105 Å². The molecule has 5 aromatic carbocycles. The quantitative estimate of drug-likeness (QED) is 0.238. The second-order valence-electron chi connectivity index (χ2n) is 10.9. The van der Waals surface area contributed by atoms with Crippen molar-refractivity contribution in [3.8, 4) is 28.1 Å². The molecule has 0 fully saturated rings. The molecule has 8 rings (SSSR count). The molecule has 2 heteroatoms. The van der Waals surface area contributed by atoms with E-state index in [1.165, 1.54) is 49.6 Å². The fourth-order valence-corrected chi connectivity index (χ4v) is 6.50. The molecule has 7 aromatic rings. The third-order valence-electron chi connectivity index (χ3n) is 8.38. The Labute approximate surface area is 221 Å². The maximum Gasteiger partial charge on any atom is 0.146 e. The van der Waals surface area contributed by atoms with E-state index in [4.69, 9.17) is 4.98 Å². The van der Waals surface area contributed by atoms with Crippen molar-refractivity contribution in [2.75, 3.05) is 0 Å². The summed E-state index contributed by atoms with van der Waals surface area (Å²) >= 11 is 0. The van der Waals surface area contributed by atoms with Gasteiger partial charge in [0.25, 0.3) is 0 Å². The molecule has 0 unspecified atom stereocenters. The Kier molecular flexibility index (Phi) is 4.31. The van der Waals surface area contributed by atoms with E-state index in [-0.39, 0.29) is 5.41 Å². The summed E-state index contributed by atoms with van der Waals surface area (Å²) in [6.07, 6.45) is 0. The third kappa shape index (κ3) is 2.86. The molecular formula is C36H26N2. The first-order valence-electron chi connectivity index (χ1n) is 13.2. The highest BCUT2D eigenvalue weighted by Crippen LogP contribution is 2.51. The topological polar surface area (TPSA) is 17.8 Å². The summed E-state index contributed by atoms with van der Waals surface area (Å²) in [5.41, 5.74) is 11.1. The van der Waals surface area contributed by atoms with Gasteiger partial charge in [-0.3, -0.25) is 4.57 Å². The monoisotopic (exact) mass is 486 g/mol. The number of pyridine rings is 1. The lowest BCUT2D eigenvalue weighted by atomic mass is 9.82. The smallest absolute Gasteiger partial charge is 0.146 e. The lowest BCUT2D eigenvalue weighted by molar-refractivity contribution is 0.661. The molecule has 180 valence electrons. The van der Waals surface area contributed by atoms with Gasteiger partial charge >= 0.3 is 0 Å². The van der Waals surface area contributed by atoms with E-state index in [0.29, 0.717) is 0 Å². The van der Waals surface area contributed by atoms with Gasteiger partial charge in [-0.25, -0.2) is 4.98 Å². The van der Waals surface area contributed by atoms with Gasteiger partial charge in [0.2, 0.25) is 0 Å². The minimum atomic E-state index is -0.0690. The van der Waals surface area contributed by atoms with Crippen molar-refractivity contribution in [2.24, 2.45) is 0 Å². The Morgan fingerprint density at radius 3 is 2.18 bits per heavy atom. The minimum Gasteiger partial charge on any atom is -0.293 e. The summed E-state index contributed by atoms with van der Waals surface area (Å²) < 4.78 is 2.39. The van der Waals surface area contributed by atoms with Gasteiger partial charge in [0.1, 0.15) is 5.82 Å². The van der Waals surface area contributed by atoms with Crippen LogP contribution in [0.15, 0.2) is 121 Å². The van der Waals surface area contributed by atoms with Crippen molar-refractivity contribution in [2.45, 2.75) is 19.3 Å². The highest BCUT2D eigenvalue weighted by molar-refractivity contribution is 6.12. The maximum absolute atomic E-state index is 5.33. The number of aromatic nitrogens is 2. The van der Waals surface area contributed by atoms with Crippen molar-refractivity contribution in [1.29, 1.82) is 0 Å². The number of hydrogen-bond donors (Lipinski definition) is 0. The first-order valence-corrected chi connectivity index (χ1v) is 13.2. The number of nitrogens with zero attached hydrogens (tertiary/aromatic N) is 2. The zero-order valence-corrected chi connectivity index (χ0v) is 21.4. The van der Waals surface area contributed by atoms with Crippen LogP contribution in [0.1, 0.15) is 25.0 Å². The van der Waals surface area contributed by atoms with E-state index < -0.39 is 0 Å². The van der Waals surface area contributed by atoms with E-state index in [0.717, 1.165) is 22.3 Å². The molecule has 0 saturated heterocycles. The molecular weight excluding hydrogens is 460 g/mol. The first-order chi connectivity index (χ1) is 18.6. The molecule has 2 heterocycles. The molecule has 1 aliphatic carbocycles. The van der Waals surface area contributed by atoms with Crippen LogP contribution in [0.25, 0.3) is 60.8 Å². The van der Waals surface area contributed by atoms with Crippen LogP contribution in [0.5, 0.6) is 0 Å². The zero-order chi connectivity index (χ0) is 25.4. The standard InChI is InChI=1S/C36H26N2/c1-36(2)30-17-9-7-15-25(30)28-21-29-26-16-8-11-19-33(26)38(34(29)22-31(28)36)35-27(23-12-4-3-5-13-23)20-24-14-6-10-18-32(24)37-35/h3-22H,1-2H3. The Morgan fingerprint density at radius 2 is 1.29 bits per heavy atom. The molecule has 0 amide bonds. The van der Waals surface area contributed by atoms with E-state index in [1.807, 2.05) is 0 Å². The van der Waals surface area contributed by atoms with Crippen molar-refractivity contribution >= 4 is 32.7 Å². The molecule has 0 atom stereocenters. The number of benzene rings is 5. The summed E-state index contributed by atoms with van der Waals surface area (Å²) in [5, 5.41) is 3.66. The van der Waals surface area contributed by atoms with Crippen LogP contribution in [-0.2, 0) is 5.41 Å². The van der Waals surface area contributed by atoms with Gasteiger partial charge in [-0.2, -0.15) is 0 Å². The Hall–Kier alpha value is -4.69. The van der Waals surface area contributed by atoms with Gasteiger partial charge in [0.05, 0.1) is 16.6 Å². The largest absolute Gasteiger partial charge is 0.293 e. The van der Waals surface area contributed by atoms with Crippen molar-refractivity contribution < 1.29 is 0 Å². The van der Waals surface area contributed by atoms with Gasteiger partial charge in [0.15, 0.2) is 0 Å². The van der Waals surface area contributed by atoms with E-state index in [2.05, 4.69) is 140 Å². The van der Waals surface area contributed by atoms with Crippen molar-refractivity contribution in [3.05, 3.63) is 132 Å². The summed E-state index contributed by atoms with van der Waals surface area (Å²) in [6.45, 7) is 4.69. The van der Waals surface area contributed by atoms with Gasteiger partial charge in [0, 0.05) is 27.1 Å². The minimum absolute atomic E-state index is 0.0690. The van der Waals surface area contributed by atoms with E-state index >= 15 is 0 Å². The van der Waals surface area contributed by atoms with Crippen LogP contribution in [0.3, 0.4) is 0 Å². The lowest BCUT2D eigenvalue weighted by Gasteiger charge is -2.22. The van der Waals surface area contributed by atoms with Crippen LogP contribution in [0.2, 0.25) is 0 Å². The molecule has 38 heavy (non-hydrogen) atoms. The summed E-state index contributed by atoms with van der Waals surface area (Å²) in [7, 11) is 0.